The van der Waals surface area contributed by atoms with Gasteiger partial charge in [-0.2, -0.15) is 0 Å². The molecule has 0 heterocycles. The van der Waals surface area contributed by atoms with Gasteiger partial charge in [-0.3, -0.25) is 0 Å². The van der Waals surface area contributed by atoms with Gasteiger partial charge in [0.05, 0.1) is 6.61 Å². The Hall–Kier alpha value is -0.0800. The molecule has 1 rings (SSSR count). The minimum Gasteiger partial charge on any atom is -0.384 e. The van der Waals surface area contributed by atoms with Crippen molar-refractivity contribution in [3.63, 3.8) is 0 Å². The third kappa shape index (κ3) is 4.52. The molecule has 90 valence electrons. The van der Waals surface area contributed by atoms with Crippen molar-refractivity contribution >= 4 is 0 Å². The van der Waals surface area contributed by atoms with Crippen LogP contribution < -0.4 is 5.32 Å². The summed E-state index contributed by atoms with van der Waals surface area (Å²) in [4.78, 5) is 0. The van der Waals surface area contributed by atoms with Crippen LogP contribution in [0.2, 0.25) is 0 Å². The molecule has 1 fully saturated rings. The zero-order valence-corrected chi connectivity index (χ0v) is 10.6. The van der Waals surface area contributed by atoms with Gasteiger partial charge in [-0.05, 0) is 38.1 Å². The first kappa shape index (κ1) is 13.0. The summed E-state index contributed by atoms with van der Waals surface area (Å²) in [7, 11) is 1.83. The largest absolute Gasteiger partial charge is 0.384 e. The minimum absolute atomic E-state index is 0.683. The lowest BCUT2D eigenvalue weighted by Gasteiger charge is -2.27. The molecule has 2 nitrogen and oxygen atoms in total. The maximum atomic E-state index is 5.37. The predicted molar refractivity (Wildman–Crippen MR) is 65.1 cm³/mol. The van der Waals surface area contributed by atoms with E-state index in [1.165, 1.54) is 32.1 Å². The van der Waals surface area contributed by atoms with Crippen LogP contribution in [0.5, 0.6) is 0 Å². The highest BCUT2D eigenvalue weighted by Crippen LogP contribution is 2.39. The lowest BCUT2D eigenvalue weighted by atomic mass is 9.92. The molecule has 0 saturated heterocycles. The van der Waals surface area contributed by atoms with Gasteiger partial charge in [0, 0.05) is 19.1 Å². The molecule has 0 bridgehead atoms. The maximum absolute atomic E-state index is 5.37. The minimum atomic E-state index is 0.683. The normalized spacial score (nSPS) is 20.2. The Morgan fingerprint density at radius 2 is 2.00 bits per heavy atom. The molecule has 2 unspecified atom stereocenters. The van der Waals surface area contributed by atoms with Crippen molar-refractivity contribution in [2.24, 2.45) is 11.8 Å². The van der Waals surface area contributed by atoms with Crippen molar-refractivity contribution in [3.8, 4) is 0 Å². The van der Waals surface area contributed by atoms with Crippen LogP contribution in [0.4, 0.5) is 0 Å². The standard InChI is InChI=1S/C13H27NO/c1-4-6-13(14-9-5-2)12(10-15-3)11-7-8-11/h11-14H,4-10H2,1-3H3. The highest BCUT2D eigenvalue weighted by Gasteiger charge is 2.35. The predicted octanol–water partition coefficient (Wildman–Crippen LogP) is 2.83. The van der Waals surface area contributed by atoms with Crippen LogP contribution in [0.3, 0.4) is 0 Å². The fourth-order valence-corrected chi connectivity index (χ4v) is 2.41. The van der Waals surface area contributed by atoms with Crippen LogP contribution in [0.25, 0.3) is 0 Å². The maximum Gasteiger partial charge on any atom is 0.0508 e. The van der Waals surface area contributed by atoms with E-state index in [9.17, 15) is 0 Å². The zero-order valence-electron chi connectivity index (χ0n) is 10.6. The summed E-state index contributed by atoms with van der Waals surface area (Å²) < 4.78 is 5.37. The van der Waals surface area contributed by atoms with Gasteiger partial charge in [-0.25, -0.2) is 0 Å². The molecule has 2 atom stereocenters. The van der Waals surface area contributed by atoms with E-state index in [1.807, 2.05) is 7.11 Å². The molecular weight excluding hydrogens is 186 g/mol. The number of nitrogens with one attached hydrogen (secondary N) is 1. The van der Waals surface area contributed by atoms with Crippen molar-refractivity contribution in [2.45, 2.75) is 52.0 Å². The second kappa shape index (κ2) is 7.24. The number of hydrogen-bond acceptors (Lipinski definition) is 2. The first-order chi connectivity index (χ1) is 7.33. The molecule has 0 aromatic heterocycles. The van der Waals surface area contributed by atoms with Gasteiger partial charge in [0.25, 0.3) is 0 Å². The van der Waals surface area contributed by atoms with E-state index in [-0.39, 0.29) is 0 Å². The summed E-state index contributed by atoms with van der Waals surface area (Å²) in [6, 6.07) is 0.683. The fourth-order valence-electron chi connectivity index (χ4n) is 2.41. The van der Waals surface area contributed by atoms with Gasteiger partial charge in [-0.15, -0.1) is 0 Å². The van der Waals surface area contributed by atoms with Crippen LogP contribution in [-0.4, -0.2) is 26.3 Å². The van der Waals surface area contributed by atoms with E-state index < -0.39 is 0 Å². The summed E-state index contributed by atoms with van der Waals surface area (Å²) in [6.45, 7) is 6.60. The Labute approximate surface area is 94.8 Å². The van der Waals surface area contributed by atoms with Gasteiger partial charge >= 0.3 is 0 Å². The summed E-state index contributed by atoms with van der Waals surface area (Å²) in [5.74, 6) is 1.69. The van der Waals surface area contributed by atoms with E-state index in [0.717, 1.165) is 25.0 Å². The lowest BCUT2D eigenvalue weighted by molar-refractivity contribution is 0.115. The van der Waals surface area contributed by atoms with Crippen LogP contribution >= 0.6 is 0 Å². The van der Waals surface area contributed by atoms with E-state index in [0.29, 0.717) is 6.04 Å². The van der Waals surface area contributed by atoms with Crippen molar-refractivity contribution in [2.75, 3.05) is 20.3 Å². The molecule has 0 radical (unpaired) electrons. The van der Waals surface area contributed by atoms with E-state index >= 15 is 0 Å². The first-order valence-electron chi connectivity index (χ1n) is 6.55. The van der Waals surface area contributed by atoms with Gasteiger partial charge in [-0.1, -0.05) is 20.3 Å². The number of ether oxygens (including phenoxy) is 1. The molecule has 0 aliphatic heterocycles. The smallest absolute Gasteiger partial charge is 0.0508 e. The molecule has 2 heteroatoms. The van der Waals surface area contributed by atoms with Gasteiger partial charge < -0.3 is 10.1 Å². The van der Waals surface area contributed by atoms with Gasteiger partial charge in [0.1, 0.15) is 0 Å². The fraction of sp³-hybridized carbons (Fsp3) is 1.00. The second-order valence-electron chi connectivity index (χ2n) is 4.81. The first-order valence-corrected chi connectivity index (χ1v) is 6.55. The molecule has 1 aliphatic rings. The average Bonchev–Trinajstić information content (AvgIpc) is 3.05. The third-order valence-electron chi connectivity index (χ3n) is 3.36. The summed E-state index contributed by atoms with van der Waals surface area (Å²) in [5.41, 5.74) is 0. The molecule has 0 aromatic carbocycles. The summed E-state index contributed by atoms with van der Waals surface area (Å²) in [5, 5.41) is 3.70. The van der Waals surface area contributed by atoms with Crippen molar-refractivity contribution in [1.82, 2.24) is 5.32 Å². The Kier molecular flexibility index (Phi) is 6.26. The molecule has 1 saturated carbocycles. The average molecular weight is 213 g/mol. The Bertz CT molecular complexity index is 157. The molecule has 15 heavy (non-hydrogen) atoms. The second-order valence-corrected chi connectivity index (χ2v) is 4.81. The highest BCUT2D eigenvalue weighted by atomic mass is 16.5. The molecule has 0 spiro atoms. The van der Waals surface area contributed by atoms with Gasteiger partial charge in [0.15, 0.2) is 0 Å². The van der Waals surface area contributed by atoms with Crippen LogP contribution in [0, 0.1) is 11.8 Å². The quantitative estimate of drug-likeness (QED) is 0.636. The number of rotatable bonds is 9. The zero-order chi connectivity index (χ0) is 11.1. The Balaban J connectivity index is 2.40. The van der Waals surface area contributed by atoms with E-state index in [4.69, 9.17) is 4.74 Å². The monoisotopic (exact) mass is 213 g/mol. The lowest BCUT2D eigenvalue weighted by Crippen LogP contribution is -2.39. The van der Waals surface area contributed by atoms with Gasteiger partial charge in [0.2, 0.25) is 0 Å². The topological polar surface area (TPSA) is 21.3 Å². The van der Waals surface area contributed by atoms with Crippen molar-refractivity contribution < 1.29 is 4.74 Å². The third-order valence-corrected chi connectivity index (χ3v) is 3.36. The molecule has 1 aliphatic carbocycles. The van der Waals surface area contributed by atoms with Crippen molar-refractivity contribution in [1.29, 1.82) is 0 Å². The van der Waals surface area contributed by atoms with Crippen molar-refractivity contribution in [3.05, 3.63) is 0 Å². The number of methoxy groups -OCH3 is 1. The summed E-state index contributed by atoms with van der Waals surface area (Å²) >= 11 is 0. The SMILES string of the molecule is CCCNC(CCC)C(COC)C1CC1. The van der Waals surface area contributed by atoms with Crippen LogP contribution in [0.1, 0.15) is 46.0 Å². The molecular formula is C13H27NO. The summed E-state index contributed by atoms with van der Waals surface area (Å²) in [6.07, 6.45) is 6.63. The Morgan fingerprint density at radius 3 is 2.47 bits per heavy atom. The number of hydrogen-bond donors (Lipinski definition) is 1. The van der Waals surface area contributed by atoms with E-state index in [1.54, 1.807) is 0 Å². The highest BCUT2D eigenvalue weighted by molar-refractivity contribution is 4.88. The van der Waals surface area contributed by atoms with E-state index in [2.05, 4.69) is 19.2 Å². The molecule has 1 N–H and O–H groups in total. The Morgan fingerprint density at radius 1 is 1.27 bits per heavy atom. The molecule has 0 aromatic rings. The molecule has 0 amide bonds. The van der Waals surface area contributed by atoms with Crippen LogP contribution in [0.15, 0.2) is 0 Å². The van der Waals surface area contributed by atoms with Crippen LogP contribution in [-0.2, 0) is 4.74 Å².